The maximum absolute atomic E-state index is 9.85. The molecule has 1 aromatic rings. The third kappa shape index (κ3) is 2.74. The zero-order chi connectivity index (χ0) is 10.8. The highest BCUT2D eigenvalue weighted by Crippen LogP contribution is 2.25. The fraction of sp³-hybridized carbons (Fsp3) is 0.500. The van der Waals surface area contributed by atoms with Crippen LogP contribution in [0.3, 0.4) is 0 Å². The van der Waals surface area contributed by atoms with E-state index in [4.69, 9.17) is 4.74 Å². The summed E-state index contributed by atoms with van der Waals surface area (Å²) in [4.78, 5) is 0. The molecule has 0 bridgehead atoms. The van der Waals surface area contributed by atoms with Crippen molar-refractivity contribution in [3.05, 3.63) is 29.3 Å². The van der Waals surface area contributed by atoms with E-state index < -0.39 is 5.60 Å². The molecule has 2 heteroatoms. The van der Waals surface area contributed by atoms with Crippen molar-refractivity contribution in [2.24, 2.45) is 0 Å². The zero-order valence-electron chi connectivity index (χ0n) is 9.29. The normalized spacial score (nSPS) is 11.5. The van der Waals surface area contributed by atoms with E-state index >= 15 is 0 Å². The summed E-state index contributed by atoms with van der Waals surface area (Å²) in [7, 11) is 0. The Morgan fingerprint density at radius 3 is 2.43 bits per heavy atom. The lowest BCUT2D eigenvalue weighted by Crippen LogP contribution is -2.15. The molecule has 0 fully saturated rings. The standard InChI is InChI=1S/C12H18O2/c1-5-14-11-7-9(2)6-10(8-11)12(3,4)13/h6-8,13H,5H2,1-4H3. The second kappa shape index (κ2) is 4.01. The lowest BCUT2D eigenvalue weighted by atomic mass is 9.96. The molecule has 0 saturated carbocycles. The minimum atomic E-state index is -0.808. The zero-order valence-corrected chi connectivity index (χ0v) is 9.29. The number of aryl methyl sites for hydroxylation is 1. The van der Waals surface area contributed by atoms with Gasteiger partial charge in [0.25, 0.3) is 0 Å². The van der Waals surface area contributed by atoms with Crippen LogP contribution in [0.1, 0.15) is 31.9 Å². The largest absolute Gasteiger partial charge is 0.494 e. The predicted octanol–water partition coefficient (Wildman–Crippen LogP) is 2.62. The quantitative estimate of drug-likeness (QED) is 0.801. The molecular weight excluding hydrogens is 176 g/mol. The van der Waals surface area contributed by atoms with Crippen molar-refractivity contribution in [2.45, 2.75) is 33.3 Å². The number of hydrogen-bond acceptors (Lipinski definition) is 2. The molecule has 0 heterocycles. The Bertz CT molecular complexity index is 311. The molecule has 1 N–H and O–H groups in total. The number of aliphatic hydroxyl groups is 1. The van der Waals surface area contributed by atoms with Crippen molar-refractivity contribution < 1.29 is 9.84 Å². The van der Waals surface area contributed by atoms with Gasteiger partial charge in [-0.15, -0.1) is 0 Å². The first-order chi connectivity index (χ1) is 6.43. The van der Waals surface area contributed by atoms with E-state index in [0.29, 0.717) is 6.61 Å². The maximum atomic E-state index is 9.85. The molecule has 78 valence electrons. The fourth-order valence-electron chi connectivity index (χ4n) is 1.35. The molecule has 0 saturated heterocycles. The van der Waals surface area contributed by atoms with Crippen LogP contribution in [-0.4, -0.2) is 11.7 Å². The summed E-state index contributed by atoms with van der Waals surface area (Å²) in [5.41, 5.74) is 1.19. The Kier molecular flexibility index (Phi) is 3.17. The van der Waals surface area contributed by atoms with Gasteiger partial charge in [0.15, 0.2) is 0 Å². The highest BCUT2D eigenvalue weighted by molar-refractivity contribution is 5.36. The molecule has 0 radical (unpaired) electrons. The predicted molar refractivity (Wildman–Crippen MR) is 57.6 cm³/mol. The average molecular weight is 194 g/mol. The Balaban J connectivity index is 3.07. The minimum absolute atomic E-state index is 0.648. The van der Waals surface area contributed by atoms with E-state index in [9.17, 15) is 5.11 Å². The van der Waals surface area contributed by atoms with Gasteiger partial charge in [-0.25, -0.2) is 0 Å². The van der Waals surface area contributed by atoms with Crippen LogP contribution in [0.25, 0.3) is 0 Å². The van der Waals surface area contributed by atoms with Gasteiger partial charge in [0.2, 0.25) is 0 Å². The van der Waals surface area contributed by atoms with Crippen LogP contribution in [0.2, 0.25) is 0 Å². The Morgan fingerprint density at radius 2 is 1.93 bits per heavy atom. The Labute approximate surface area is 85.5 Å². The van der Waals surface area contributed by atoms with Gasteiger partial charge >= 0.3 is 0 Å². The summed E-state index contributed by atoms with van der Waals surface area (Å²) >= 11 is 0. The molecule has 14 heavy (non-hydrogen) atoms. The molecule has 0 amide bonds. The summed E-state index contributed by atoms with van der Waals surface area (Å²) in [5.74, 6) is 0.824. The highest BCUT2D eigenvalue weighted by atomic mass is 16.5. The van der Waals surface area contributed by atoms with Gasteiger partial charge in [-0.05, 0) is 51.0 Å². The maximum Gasteiger partial charge on any atom is 0.119 e. The van der Waals surface area contributed by atoms with Crippen LogP contribution in [-0.2, 0) is 5.60 Å². The first kappa shape index (κ1) is 11.1. The summed E-state index contributed by atoms with van der Waals surface area (Å²) in [6.07, 6.45) is 0. The van der Waals surface area contributed by atoms with E-state index in [1.807, 2.05) is 32.0 Å². The van der Waals surface area contributed by atoms with E-state index in [-0.39, 0.29) is 0 Å². The smallest absolute Gasteiger partial charge is 0.119 e. The lowest BCUT2D eigenvalue weighted by Gasteiger charge is -2.19. The van der Waals surface area contributed by atoms with Crippen molar-refractivity contribution in [1.82, 2.24) is 0 Å². The molecule has 0 aromatic heterocycles. The monoisotopic (exact) mass is 194 g/mol. The van der Waals surface area contributed by atoms with Crippen LogP contribution >= 0.6 is 0 Å². The molecule has 0 unspecified atom stereocenters. The number of rotatable bonds is 3. The topological polar surface area (TPSA) is 29.5 Å². The Hall–Kier alpha value is -1.02. The summed E-state index contributed by atoms with van der Waals surface area (Å²) < 4.78 is 5.41. The number of ether oxygens (including phenoxy) is 1. The molecule has 0 aliphatic carbocycles. The molecule has 0 spiro atoms. The average Bonchev–Trinajstić information content (AvgIpc) is 2.02. The first-order valence-electron chi connectivity index (χ1n) is 4.91. The lowest BCUT2D eigenvalue weighted by molar-refractivity contribution is 0.0782. The number of hydrogen-bond donors (Lipinski definition) is 1. The van der Waals surface area contributed by atoms with E-state index in [1.54, 1.807) is 13.8 Å². The molecule has 0 aliphatic rings. The van der Waals surface area contributed by atoms with Crippen LogP contribution in [0, 0.1) is 6.92 Å². The van der Waals surface area contributed by atoms with Crippen molar-refractivity contribution >= 4 is 0 Å². The van der Waals surface area contributed by atoms with Crippen LogP contribution in [0.5, 0.6) is 5.75 Å². The third-order valence-corrected chi connectivity index (χ3v) is 2.07. The molecule has 2 nitrogen and oxygen atoms in total. The van der Waals surface area contributed by atoms with Crippen LogP contribution in [0.15, 0.2) is 18.2 Å². The van der Waals surface area contributed by atoms with Crippen molar-refractivity contribution in [3.63, 3.8) is 0 Å². The fourth-order valence-corrected chi connectivity index (χ4v) is 1.35. The van der Waals surface area contributed by atoms with Crippen molar-refractivity contribution in [2.75, 3.05) is 6.61 Å². The van der Waals surface area contributed by atoms with Gasteiger partial charge in [-0.3, -0.25) is 0 Å². The second-order valence-corrected chi connectivity index (χ2v) is 4.03. The third-order valence-electron chi connectivity index (χ3n) is 2.07. The molecule has 0 aliphatic heterocycles. The van der Waals surface area contributed by atoms with Crippen molar-refractivity contribution in [3.8, 4) is 5.75 Å². The van der Waals surface area contributed by atoms with Gasteiger partial charge in [0.1, 0.15) is 5.75 Å². The van der Waals surface area contributed by atoms with Gasteiger partial charge in [0.05, 0.1) is 12.2 Å². The summed E-state index contributed by atoms with van der Waals surface area (Å²) in [6.45, 7) is 8.15. The van der Waals surface area contributed by atoms with Gasteiger partial charge in [0, 0.05) is 0 Å². The SMILES string of the molecule is CCOc1cc(C)cc(C(C)(C)O)c1. The van der Waals surface area contributed by atoms with E-state index in [1.165, 1.54) is 0 Å². The van der Waals surface area contributed by atoms with Crippen LogP contribution in [0.4, 0.5) is 0 Å². The van der Waals surface area contributed by atoms with Gasteiger partial charge in [-0.2, -0.15) is 0 Å². The molecular formula is C12H18O2. The number of benzene rings is 1. The molecule has 0 atom stereocenters. The van der Waals surface area contributed by atoms with Gasteiger partial charge < -0.3 is 9.84 Å². The summed E-state index contributed by atoms with van der Waals surface area (Å²) in [5, 5.41) is 9.85. The van der Waals surface area contributed by atoms with E-state index in [2.05, 4.69) is 0 Å². The summed E-state index contributed by atoms with van der Waals surface area (Å²) in [6, 6.07) is 5.83. The van der Waals surface area contributed by atoms with Gasteiger partial charge in [-0.1, -0.05) is 6.07 Å². The Morgan fingerprint density at radius 1 is 1.29 bits per heavy atom. The second-order valence-electron chi connectivity index (χ2n) is 4.03. The first-order valence-corrected chi connectivity index (χ1v) is 4.91. The van der Waals surface area contributed by atoms with Crippen molar-refractivity contribution in [1.29, 1.82) is 0 Å². The van der Waals surface area contributed by atoms with E-state index in [0.717, 1.165) is 16.9 Å². The molecule has 1 rings (SSSR count). The minimum Gasteiger partial charge on any atom is -0.494 e. The molecule has 1 aromatic carbocycles. The van der Waals surface area contributed by atoms with Crippen LogP contribution < -0.4 is 4.74 Å². The highest BCUT2D eigenvalue weighted by Gasteiger charge is 2.16.